The van der Waals surface area contributed by atoms with E-state index in [-0.39, 0.29) is 0 Å². The van der Waals surface area contributed by atoms with Gasteiger partial charge >= 0.3 is 0 Å². The quantitative estimate of drug-likeness (QED) is 0.671. The fourth-order valence-electron chi connectivity index (χ4n) is 0.844. The van der Waals surface area contributed by atoms with E-state index in [4.69, 9.17) is 16.9 Å². The van der Waals surface area contributed by atoms with Crippen molar-refractivity contribution in [2.75, 3.05) is 0 Å². The molecule has 0 bridgehead atoms. The zero-order chi connectivity index (χ0) is 8.43. The topological polar surface area (TPSA) is 23.8 Å². The van der Waals surface area contributed by atoms with Crippen LogP contribution in [0.5, 0.6) is 0 Å². The summed E-state index contributed by atoms with van der Waals surface area (Å²) in [6.07, 6.45) is 0. The summed E-state index contributed by atoms with van der Waals surface area (Å²) in [5.41, 5.74) is 1.45. The van der Waals surface area contributed by atoms with E-state index in [0.717, 1.165) is 10.0 Å². The summed E-state index contributed by atoms with van der Waals surface area (Å²) in [5, 5.41) is 9.14. The fourth-order valence-corrected chi connectivity index (χ4v) is 1.86. The molecular weight excluding hydrogens is 225 g/mol. The normalized spacial score (nSPS) is 9.27. The van der Waals surface area contributed by atoms with E-state index in [2.05, 4.69) is 15.9 Å². The summed E-state index contributed by atoms with van der Waals surface area (Å²) in [5.74, 6) is 0. The number of benzene rings is 1. The van der Waals surface area contributed by atoms with E-state index in [9.17, 15) is 0 Å². The molecule has 0 aromatic heterocycles. The lowest BCUT2D eigenvalue weighted by Gasteiger charge is -1.99. The van der Waals surface area contributed by atoms with Gasteiger partial charge in [-0.15, -0.1) is 0 Å². The smallest absolute Gasteiger partial charge is 0.101 e. The zero-order valence-corrected chi connectivity index (χ0v) is 8.20. The fraction of sp³-hybridized carbons (Fsp3) is 0.125. The summed E-state index contributed by atoms with van der Waals surface area (Å²) in [6.45, 7) is 1.86. The summed E-state index contributed by atoms with van der Waals surface area (Å²) < 4.78 is 0.902. The van der Waals surface area contributed by atoms with Crippen molar-refractivity contribution in [3.8, 4) is 6.07 Å². The zero-order valence-electron chi connectivity index (χ0n) is 5.86. The Balaban J connectivity index is 3.40. The van der Waals surface area contributed by atoms with Crippen LogP contribution in [-0.4, -0.2) is 0 Å². The van der Waals surface area contributed by atoms with Crippen molar-refractivity contribution >= 4 is 27.5 Å². The molecular formula is C8H5BrClN. The van der Waals surface area contributed by atoms with Crippen LogP contribution in [0.4, 0.5) is 0 Å². The predicted molar refractivity (Wildman–Crippen MR) is 48.6 cm³/mol. The van der Waals surface area contributed by atoms with Gasteiger partial charge in [0, 0.05) is 4.47 Å². The van der Waals surface area contributed by atoms with Crippen LogP contribution < -0.4 is 0 Å². The standard InChI is InChI=1S/C8H5BrClN/c1-5-2-6(9)3-8(10)7(5)4-11/h2-3H,1H3. The monoisotopic (exact) mass is 229 g/mol. The SMILES string of the molecule is Cc1cc(Br)cc(Cl)c1C#N. The summed E-state index contributed by atoms with van der Waals surface area (Å²) >= 11 is 9.06. The number of hydrogen-bond acceptors (Lipinski definition) is 1. The molecule has 1 aromatic carbocycles. The van der Waals surface area contributed by atoms with Crippen LogP contribution in [0.3, 0.4) is 0 Å². The van der Waals surface area contributed by atoms with E-state index in [0.29, 0.717) is 10.6 Å². The third kappa shape index (κ3) is 1.74. The molecule has 3 heteroatoms. The number of halogens is 2. The Morgan fingerprint density at radius 2 is 2.18 bits per heavy atom. The molecule has 0 spiro atoms. The summed E-state index contributed by atoms with van der Waals surface area (Å²) in [6, 6.07) is 5.62. The number of aryl methyl sites for hydroxylation is 1. The van der Waals surface area contributed by atoms with Gasteiger partial charge in [-0.05, 0) is 24.6 Å². The van der Waals surface area contributed by atoms with Crippen molar-refractivity contribution in [2.45, 2.75) is 6.92 Å². The number of hydrogen-bond donors (Lipinski definition) is 0. The second kappa shape index (κ2) is 3.25. The maximum atomic E-state index is 8.64. The maximum Gasteiger partial charge on any atom is 0.101 e. The second-order valence-corrected chi connectivity index (χ2v) is 3.51. The molecule has 0 amide bonds. The van der Waals surface area contributed by atoms with E-state index < -0.39 is 0 Å². The molecule has 0 aliphatic heterocycles. The second-order valence-electron chi connectivity index (χ2n) is 2.19. The summed E-state index contributed by atoms with van der Waals surface area (Å²) in [7, 11) is 0. The number of nitriles is 1. The molecule has 0 atom stereocenters. The van der Waals surface area contributed by atoms with Gasteiger partial charge in [-0.3, -0.25) is 0 Å². The minimum Gasteiger partial charge on any atom is -0.192 e. The highest BCUT2D eigenvalue weighted by Gasteiger charge is 2.03. The van der Waals surface area contributed by atoms with Crippen molar-refractivity contribution in [1.29, 1.82) is 5.26 Å². The minimum absolute atomic E-state index is 0.499. The van der Waals surface area contributed by atoms with Gasteiger partial charge in [-0.2, -0.15) is 5.26 Å². The highest BCUT2D eigenvalue weighted by molar-refractivity contribution is 9.10. The lowest BCUT2D eigenvalue weighted by atomic mass is 10.1. The van der Waals surface area contributed by atoms with Gasteiger partial charge in [-0.25, -0.2) is 0 Å². The van der Waals surface area contributed by atoms with Crippen LogP contribution in [0.25, 0.3) is 0 Å². The van der Waals surface area contributed by atoms with Crippen molar-refractivity contribution in [3.63, 3.8) is 0 Å². The van der Waals surface area contributed by atoms with Crippen molar-refractivity contribution in [2.24, 2.45) is 0 Å². The Hall–Kier alpha value is -0.520. The predicted octanol–water partition coefficient (Wildman–Crippen LogP) is 3.28. The van der Waals surface area contributed by atoms with Crippen LogP contribution in [0.1, 0.15) is 11.1 Å². The summed E-state index contributed by atoms with van der Waals surface area (Å²) in [4.78, 5) is 0. The van der Waals surface area contributed by atoms with Crippen LogP contribution in [0.2, 0.25) is 5.02 Å². The Kier molecular flexibility index (Phi) is 2.53. The first-order valence-corrected chi connectivity index (χ1v) is 4.18. The van der Waals surface area contributed by atoms with Gasteiger partial charge in [0.25, 0.3) is 0 Å². The van der Waals surface area contributed by atoms with Gasteiger partial charge in [0.05, 0.1) is 10.6 Å². The molecule has 0 saturated carbocycles. The highest BCUT2D eigenvalue weighted by atomic mass is 79.9. The van der Waals surface area contributed by atoms with Crippen LogP contribution in [-0.2, 0) is 0 Å². The Morgan fingerprint density at radius 3 is 2.64 bits per heavy atom. The molecule has 0 saturated heterocycles. The van der Waals surface area contributed by atoms with E-state index in [1.165, 1.54) is 0 Å². The van der Waals surface area contributed by atoms with Gasteiger partial charge < -0.3 is 0 Å². The van der Waals surface area contributed by atoms with Crippen LogP contribution >= 0.6 is 27.5 Å². The molecule has 56 valence electrons. The Morgan fingerprint density at radius 1 is 1.55 bits per heavy atom. The molecule has 11 heavy (non-hydrogen) atoms. The molecule has 0 heterocycles. The van der Waals surface area contributed by atoms with Crippen LogP contribution in [0.15, 0.2) is 16.6 Å². The lowest BCUT2D eigenvalue weighted by Crippen LogP contribution is -1.83. The first kappa shape index (κ1) is 8.58. The Bertz CT molecular complexity index is 304. The molecule has 1 rings (SSSR count). The third-order valence-corrected chi connectivity index (χ3v) is 2.12. The van der Waals surface area contributed by atoms with Crippen molar-refractivity contribution in [1.82, 2.24) is 0 Å². The molecule has 0 aliphatic rings. The van der Waals surface area contributed by atoms with Crippen molar-refractivity contribution < 1.29 is 0 Å². The Labute approximate surface area is 78.7 Å². The lowest BCUT2D eigenvalue weighted by molar-refractivity contribution is 1.38. The molecule has 0 radical (unpaired) electrons. The number of nitrogens with zero attached hydrogens (tertiary/aromatic N) is 1. The van der Waals surface area contributed by atoms with Gasteiger partial charge in [0.2, 0.25) is 0 Å². The highest BCUT2D eigenvalue weighted by Crippen LogP contribution is 2.24. The third-order valence-electron chi connectivity index (χ3n) is 1.36. The van der Waals surface area contributed by atoms with Crippen LogP contribution in [0, 0.1) is 18.3 Å². The van der Waals surface area contributed by atoms with Gasteiger partial charge in [0.1, 0.15) is 6.07 Å². The molecule has 0 unspecified atom stereocenters. The average molecular weight is 230 g/mol. The molecule has 0 fully saturated rings. The number of rotatable bonds is 0. The van der Waals surface area contributed by atoms with E-state index in [1.807, 2.05) is 19.1 Å². The average Bonchev–Trinajstić information content (AvgIpc) is 1.85. The molecule has 1 nitrogen and oxygen atoms in total. The van der Waals surface area contributed by atoms with Crippen molar-refractivity contribution in [3.05, 3.63) is 32.8 Å². The first-order valence-electron chi connectivity index (χ1n) is 3.01. The maximum absolute atomic E-state index is 8.64. The minimum atomic E-state index is 0.499. The van der Waals surface area contributed by atoms with E-state index in [1.54, 1.807) is 6.07 Å². The van der Waals surface area contributed by atoms with Gasteiger partial charge in [-0.1, -0.05) is 27.5 Å². The molecule has 0 aliphatic carbocycles. The molecule has 0 N–H and O–H groups in total. The largest absolute Gasteiger partial charge is 0.192 e. The molecule has 1 aromatic rings. The first-order chi connectivity index (χ1) is 5.15. The van der Waals surface area contributed by atoms with E-state index >= 15 is 0 Å². The van der Waals surface area contributed by atoms with Gasteiger partial charge in [0.15, 0.2) is 0 Å².